The lowest BCUT2D eigenvalue weighted by Crippen LogP contribution is -2.30. The Morgan fingerprint density at radius 2 is 2.07 bits per heavy atom. The molecule has 1 amide bonds. The SMILES string of the molecule is Cc1nn(Cc2ccccc2Cl)c2sc(C(=O)N3CCCC3c3ccccn3)cc12. The van der Waals surface area contributed by atoms with Crippen LogP contribution in [0.4, 0.5) is 0 Å². The summed E-state index contributed by atoms with van der Waals surface area (Å²) in [6.07, 6.45) is 3.74. The number of nitrogens with zero attached hydrogens (tertiary/aromatic N) is 4. The van der Waals surface area contributed by atoms with Crippen LogP contribution in [-0.2, 0) is 6.54 Å². The van der Waals surface area contributed by atoms with E-state index in [4.69, 9.17) is 11.6 Å². The van der Waals surface area contributed by atoms with Gasteiger partial charge in [0.25, 0.3) is 5.91 Å². The van der Waals surface area contributed by atoms with Crippen molar-refractivity contribution in [3.05, 3.63) is 81.6 Å². The van der Waals surface area contributed by atoms with Crippen molar-refractivity contribution >= 4 is 39.1 Å². The third kappa shape index (κ3) is 3.40. The zero-order valence-electron chi connectivity index (χ0n) is 16.6. The van der Waals surface area contributed by atoms with Crippen LogP contribution in [0.5, 0.6) is 0 Å². The summed E-state index contributed by atoms with van der Waals surface area (Å²) < 4.78 is 1.95. The summed E-state index contributed by atoms with van der Waals surface area (Å²) in [4.78, 5) is 21.6. The van der Waals surface area contributed by atoms with E-state index in [1.165, 1.54) is 11.3 Å². The second kappa shape index (κ2) is 7.85. The molecular formula is C23H21ClN4OS. The van der Waals surface area contributed by atoms with Gasteiger partial charge in [-0.3, -0.25) is 14.5 Å². The predicted octanol–water partition coefficient (Wildman–Crippen LogP) is 5.48. The smallest absolute Gasteiger partial charge is 0.264 e. The lowest BCUT2D eigenvalue weighted by molar-refractivity contribution is 0.0738. The maximum Gasteiger partial charge on any atom is 0.264 e. The van der Waals surface area contributed by atoms with Crippen molar-refractivity contribution in [2.45, 2.75) is 32.4 Å². The Morgan fingerprint density at radius 1 is 1.23 bits per heavy atom. The van der Waals surface area contributed by atoms with E-state index in [0.717, 1.165) is 56.5 Å². The van der Waals surface area contributed by atoms with Crippen molar-refractivity contribution in [2.24, 2.45) is 0 Å². The molecule has 1 fully saturated rings. The van der Waals surface area contributed by atoms with Gasteiger partial charge in [0.05, 0.1) is 28.9 Å². The van der Waals surface area contributed by atoms with Gasteiger partial charge in [-0.15, -0.1) is 11.3 Å². The summed E-state index contributed by atoms with van der Waals surface area (Å²) in [5.74, 6) is 0.0769. The quantitative estimate of drug-likeness (QED) is 0.425. The van der Waals surface area contributed by atoms with Gasteiger partial charge in [0, 0.05) is 23.2 Å². The molecule has 0 saturated carbocycles. The van der Waals surface area contributed by atoms with Crippen LogP contribution in [0.3, 0.4) is 0 Å². The van der Waals surface area contributed by atoms with Crippen LogP contribution in [0.1, 0.15) is 45.5 Å². The minimum Gasteiger partial charge on any atom is -0.329 e. The number of carbonyl (C=O) groups excluding carboxylic acids is 1. The average Bonchev–Trinajstić information content (AvgIpc) is 3.48. The first-order valence-electron chi connectivity index (χ1n) is 10.0. The van der Waals surface area contributed by atoms with E-state index < -0.39 is 0 Å². The number of pyridine rings is 1. The average molecular weight is 437 g/mol. The molecule has 0 radical (unpaired) electrons. The summed E-state index contributed by atoms with van der Waals surface area (Å²) in [5.41, 5.74) is 2.90. The molecule has 5 nitrogen and oxygen atoms in total. The van der Waals surface area contributed by atoms with Gasteiger partial charge in [-0.2, -0.15) is 5.10 Å². The number of hydrogen-bond donors (Lipinski definition) is 0. The second-order valence-corrected chi connectivity index (χ2v) is 9.01. The Bertz CT molecular complexity index is 1220. The topological polar surface area (TPSA) is 51.0 Å². The van der Waals surface area contributed by atoms with E-state index >= 15 is 0 Å². The second-order valence-electron chi connectivity index (χ2n) is 7.58. The van der Waals surface area contributed by atoms with E-state index in [1.807, 2.05) is 65.0 Å². The zero-order valence-corrected chi connectivity index (χ0v) is 18.2. The highest BCUT2D eigenvalue weighted by molar-refractivity contribution is 7.20. The summed E-state index contributed by atoms with van der Waals surface area (Å²) >= 11 is 7.85. The fourth-order valence-electron chi connectivity index (χ4n) is 4.15. The highest BCUT2D eigenvalue weighted by atomic mass is 35.5. The highest BCUT2D eigenvalue weighted by Crippen LogP contribution is 2.35. The molecular weight excluding hydrogens is 416 g/mol. The third-order valence-electron chi connectivity index (χ3n) is 5.64. The number of halogens is 1. The number of aryl methyl sites for hydroxylation is 1. The molecule has 4 heterocycles. The van der Waals surface area contributed by atoms with Gasteiger partial charge in [0.2, 0.25) is 0 Å². The third-order valence-corrected chi connectivity index (χ3v) is 7.14. The number of aromatic nitrogens is 3. The molecule has 0 bridgehead atoms. The van der Waals surface area contributed by atoms with Gasteiger partial charge in [0.15, 0.2) is 0 Å². The summed E-state index contributed by atoms with van der Waals surface area (Å²) in [5, 5.41) is 6.44. The van der Waals surface area contributed by atoms with Crippen molar-refractivity contribution in [3.8, 4) is 0 Å². The molecule has 4 aromatic rings. The summed E-state index contributed by atoms with van der Waals surface area (Å²) in [6.45, 7) is 3.33. The number of rotatable bonds is 4. The molecule has 7 heteroatoms. The largest absolute Gasteiger partial charge is 0.329 e. The molecule has 3 aromatic heterocycles. The molecule has 30 heavy (non-hydrogen) atoms. The van der Waals surface area contributed by atoms with Crippen molar-refractivity contribution < 1.29 is 4.79 Å². The summed E-state index contributed by atoms with van der Waals surface area (Å²) in [7, 11) is 0. The molecule has 0 aliphatic carbocycles. The predicted molar refractivity (Wildman–Crippen MR) is 120 cm³/mol. The Morgan fingerprint density at radius 3 is 2.87 bits per heavy atom. The van der Waals surface area contributed by atoms with Crippen LogP contribution in [0.15, 0.2) is 54.7 Å². The number of amides is 1. The minimum atomic E-state index is 0.0460. The molecule has 0 N–H and O–H groups in total. The number of likely N-dealkylation sites (tertiary alicyclic amines) is 1. The molecule has 1 aliphatic heterocycles. The highest BCUT2D eigenvalue weighted by Gasteiger charge is 2.32. The van der Waals surface area contributed by atoms with Crippen LogP contribution in [0.25, 0.3) is 10.2 Å². The number of hydrogen-bond acceptors (Lipinski definition) is 4. The lowest BCUT2D eigenvalue weighted by atomic mass is 10.1. The zero-order chi connectivity index (χ0) is 20.7. The van der Waals surface area contributed by atoms with E-state index in [9.17, 15) is 4.79 Å². The lowest BCUT2D eigenvalue weighted by Gasteiger charge is -2.23. The number of benzene rings is 1. The van der Waals surface area contributed by atoms with Gasteiger partial charge >= 0.3 is 0 Å². The molecule has 1 saturated heterocycles. The molecule has 152 valence electrons. The Balaban J connectivity index is 1.46. The van der Waals surface area contributed by atoms with Crippen molar-refractivity contribution in [1.29, 1.82) is 0 Å². The minimum absolute atomic E-state index is 0.0460. The van der Waals surface area contributed by atoms with E-state index in [2.05, 4.69) is 10.1 Å². The maximum atomic E-state index is 13.4. The van der Waals surface area contributed by atoms with Gasteiger partial charge < -0.3 is 4.90 Å². The van der Waals surface area contributed by atoms with Crippen LogP contribution in [0.2, 0.25) is 5.02 Å². The number of carbonyl (C=O) groups is 1. The fourth-order valence-corrected chi connectivity index (χ4v) is 5.46. The Hall–Kier alpha value is -2.70. The molecule has 1 aliphatic rings. The van der Waals surface area contributed by atoms with Gasteiger partial charge in [0.1, 0.15) is 4.83 Å². The number of fused-ring (bicyclic) bond motifs is 1. The molecule has 5 rings (SSSR count). The fraction of sp³-hybridized carbons (Fsp3) is 0.261. The monoisotopic (exact) mass is 436 g/mol. The number of thiophene rings is 1. The Labute approximate surface area is 183 Å². The molecule has 1 unspecified atom stereocenters. The van der Waals surface area contributed by atoms with Crippen LogP contribution < -0.4 is 0 Å². The first-order valence-corrected chi connectivity index (χ1v) is 11.2. The van der Waals surface area contributed by atoms with Gasteiger partial charge in [-0.25, -0.2) is 0 Å². The van der Waals surface area contributed by atoms with Crippen LogP contribution in [-0.4, -0.2) is 32.1 Å². The van der Waals surface area contributed by atoms with Crippen LogP contribution in [0, 0.1) is 6.92 Å². The van der Waals surface area contributed by atoms with E-state index in [-0.39, 0.29) is 11.9 Å². The van der Waals surface area contributed by atoms with Crippen molar-refractivity contribution in [3.63, 3.8) is 0 Å². The van der Waals surface area contributed by atoms with Crippen molar-refractivity contribution in [2.75, 3.05) is 6.54 Å². The Kier molecular flexibility index (Phi) is 5.05. The molecule has 0 spiro atoms. The van der Waals surface area contributed by atoms with Crippen LogP contribution >= 0.6 is 22.9 Å². The normalized spacial score (nSPS) is 16.5. The molecule has 1 aromatic carbocycles. The van der Waals surface area contributed by atoms with Gasteiger partial charge in [-0.1, -0.05) is 35.9 Å². The van der Waals surface area contributed by atoms with Crippen molar-refractivity contribution in [1.82, 2.24) is 19.7 Å². The van der Waals surface area contributed by atoms with Gasteiger partial charge in [-0.05, 0) is 49.6 Å². The maximum absolute atomic E-state index is 13.4. The molecule has 1 atom stereocenters. The van der Waals surface area contributed by atoms with E-state index in [0.29, 0.717) is 6.54 Å². The standard InChI is InChI=1S/C23H21ClN4OS/c1-15-17-13-21(22(29)27-12-6-10-20(27)19-9-4-5-11-25-19)30-23(17)28(26-15)14-16-7-2-3-8-18(16)24/h2-5,7-9,11,13,20H,6,10,12,14H2,1H3. The first-order chi connectivity index (χ1) is 14.6. The first kappa shape index (κ1) is 19.3. The summed E-state index contributed by atoms with van der Waals surface area (Å²) in [6, 6.07) is 15.7. The van der Waals surface area contributed by atoms with E-state index in [1.54, 1.807) is 6.20 Å².